The molecule has 1 saturated heterocycles. The van der Waals surface area contributed by atoms with Gasteiger partial charge in [0.05, 0.1) is 5.54 Å². The van der Waals surface area contributed by atoms with Crippen molar-refractivity contribution in [3.05, 3.63) is 0 Å². The number of nitrogens with one attached hydrogen (secondary N) is 1. The van der Waals surface area contributed by atoms with Gasteiger partial charge in [-0.05, 0) is 19.3 Å². The van der Waals surface area contributed by atoms with Crippen LogP contribution in [-0.4, -0.2) is 18.0 Å². The fourth-order valence-electron chi connectivity index (χ4n) is 1.58. The number of nitrogens with two attached hydrogens (primary N) is 1. The predicted molar refractivity (Wildman–Crippen MR) is 44.1 cm³/mol. The molecule has 0 aliphatic carbocycles. The molecule has 1 aliphatic rings. The molecule has 0 saturated carbocycles. The van der Waals surface area contributed by atoms with Crippen LogP contribution in [0.15, 0.2) is 0 Å². The molecule has 0 radical (unpaired) electrons. The van der Waals surface area contributed by atoms with Crippen molar-refractivity contribution >= 4 is 5.91 Å². The van der Waals surface area contributed by atoms with Gasteiger partial charge in [0.25, 0.3) is 0 Å². The molecule has 3 nitrogen and oxygen atoms in total. The summed E-state index contributed by atoms with van der Waals surface area (Å²) in [6, 6.07) is 0. The van der Waals surface area contributed by atoms with Crippen molar-refractivity contribution in [3.8, 4) is 0 Å². The quantitative estimate of drug-likeness (QED) is 0.608. The van der Waals surface area contributed by atoms with E-state index in [4.69, 9.17) is 5.73 Å². The van der Waals surface area contributed by atoms with Crippen LogP contribution in [0.3, 0.4) is 0 Å². The summed E-state index contributed by atoms with van der Waals surface area (Å²) in [5.41, 5.74) is 5.34. The maximum atomic E-state index is 11.3. The van der Waals surface area contributed by atoms with Gasteiger partial charge in [0.1, 0.15) is 0 Å². The third-order valence-electron chi connectivity index (χ3n) is 2.23. The largest absolute Gasteiger partial charge is 0.355 e. The summed E-state index contributed by atoms with van der Waals surface area (Å²) in [7, 11) is 0. The molecular weight excluding hydrogens is 140 g/mol. The van der Waals surface area contributed by atoms with E-state index in [0.717, 1.165) is 32.2 Å². The first-order chi connectivity index (χ1) is 5.19. The lowest BCUT2D eigenvalue weighted by atomic mass is 9.86. The van der Waals surface area contributed by atoms with Crippen LogP contribution in [0.2, 0.25) is 0 Å². The zero-order valence-corrected chi connectivity index (χ0v) is 7.02. The third-order valence-corrected chi connectivity index (χ3v) is 2.23. The topological polar surface area (TPSA) is 55.1 Å². The molecule has 1 fully saturated rings. The molecule has 1 amide bonds. The summed E-state index contributed by atoms with van der Waals surface area (Å²) in [5.74, 6) is 0.0330. The molecule has 11 heavy (non-hydrogen) atoms. The molecule has 64 valence electrons. The van der Waals surface area contributed by atoms with Crippen molar-refractivity contribution in [3.63, 3.8) is 0 Å². The van der Waals surface area contributed by atoms with Crippen LogP contribution in [-0.2, 0) is 4.79 Å². The molecule has 1 atom stereocenters. The van der Waals surface area contributed by atoms with Crippen molar-refractivity contribution < 1.29 is 4.79 Å². The van der Waals surface area contributed by atoms with Crippen molar-refractivity contribution in [2.75, 3.05) is 6.54 Å². The van der Waals surface area contributed by atoms with Gasteiger partial charge in [-0.2, -0.15) is 0 Å². The number of rotatable bonds is 2. The van der Waals surface area contributed by atoms with E-state index in [1.165, 1.54) is 0 Å². The summed E-state index contributed by atoms with van der Waals surface area (Å²) in [4.78, 5) is 11.3. The lowest BCUT2D eigenvalue weighted by Gasteiger charge is -2.31. The van der Waals surface area contributed by atoms with Crippen LogP contribution < -0.4 is 11.1 Å². The second-order valence-electron chi connectivity index (χ2n) is 3.27. The fraction of sp³-hybridized carbons (Fsp3) is 0.875. The van der Waals surface area contributed by atoms with E-state index >= 15 is 0 Å². The van der Waals surface area contributed by atoms with Gasteiger partial charge in [-0.25, -0.2) is 0 Å². The minimum atomic E-state index is -0.562. The molecule has 0 aromatic heterocycles. The summed E-state index contributed by atoms with van der Waals surface area (Å²) in [6.45, 7) is 2.85. The van der Waals surface area contributed by atoms with Gasteiger partial charge < -0.3 is 11.1 Å². The Bertz CT molecular complexity index is 154. The lowest BCUT2D eigenvalue weighted by molar-refractivity contribution is -0.128. The van der Waals surface area contributed by atoms with E-state index in [0.29, 0.717) is 0 Å². The molecule has 1 heterocycles. The fourth-order valence-corrected chi connectivity index (χ4v) is 1.58. The minimum Gasteiger partial charge on any atom is -0.355 e. The molecular formula is C8H16N2O. The van der Waals surface area contributed by atoms with Gasteiger partial charge in [0.2, 0.25) is 5.91 Å². The molecule has 0 unspecified atom stereocenters. The van der Waals surface area contributed by atoms with E-state index in [9.17, 15) is 4.79 Å². The highest BCUT2D eigenvalue weighted by atomic mass is 16.2. The molecule has 0 aromatic rings. The number of carbonyl (C=O) groups excluding carboxylic acids is 1. The summed E-state index contributed by atoms with van der Waals surface area (Å²) in [6.07, 6.45) is 3.64. The molecule has 0 spiro atoms. The average Bonchev–Trinajstić information content (AvgIpc) is 1.96. The smallest absolute Gasteiger partial charge is 0.240 e. The van der Waals surface area contributed by atoms with Crippen molar-refractivity contribution in [1.29, 1.82) is 0 Å². The van der Waals surface area contributed by atoms with Gasteiger partial charge in [-0.1, -0.05) is 13.3 Å². The molecule has 0 bridgehead atoms. The first-order valence-corrected chi connectivity index (χ1v) is 4.26. The van der Waals surface area contributed by atoms with Crippen LogP contribution >= 0.6 is 0 Å². The monoisotopic (exact) mass is 156 g/mol. The molecule has 3 heteroatoms. The Morgan fingerprint density at radius 2 is 2.45 bits per heavy atom. The molecule has 1 rings (SSSR count). The summed E-state index contributed by atoms with van der Waals surface area (Å²) in [5, 5.41) is 2.79. The lowest BCUT2D eigenvalue weighted by Crippen LogP contribution is -2.57. The third kappa shape index (κ3) is 1.71. The van der Waals surface area contributed by atoms with E-state index < -0.39 is 5.54 Å². The van der Waals surface area contributed by atoms with Crippen molar-refractivity contribution in [2.24, 2.45) is 5.73 Å². The van der Waals surface area contributed by atoms with Gasteiger partial charge in [0.15, 0.2) is 0 Å². The molecule has 0 aromatic carbocycles. The average molecular weight is 156 g/mol. The number of carbonyl (C=O) groups is 1. The number of hydrogen-bond acceptors (Lipinski definition) is 2. The number of amides is 1. The van der Waals surface area contributed by atoms with Gasteiger partial charge >= 0.3 is 0 Å². The maximum absolute atomic E-state index is 11.3. The van der Waals surface area contributed by atoms with Gasteiger partial charge in [0, 0.05) is 6.54 Å². The zero-order valence-electron chi connectivity index (χ0n) is 7.02. The van der Waals surface area contributed by atoms with Crippen LogP contribution in [0.1, 0.15) is 32.6 Å². The van der Waals surface area contributed by atoms with Gasteiger partial charge in [-0.15, -0.1) is 0 Å². The van der Waals surface area contributed by atoms with Crippen LogP contribution in [0, 0.1) is 0 Å². The first kappa shape index (κ1) is 8.53. The van der Waals surface area contributed by atoms with E-state index in [1.807, 2.05) is 0 Å². The SMILES string of the molecule is CCC[C@]1(N)CCCNC1=O. The van der Waals surface area contributed by atoms with Crippen LogP contribution in [0.4, 0.5) is 0 Å². The Morgan fingerprint density at radius 1 is 1.73 bits per heavy atom. The first-order valence-electron chi connectivity index (χ1n) is 4.26. The minimum absolute atomic E-state index is 0.0330. The van der Waals surface area contributed by atoms with Crippen LogP contribution in [0.5, 0.6) is 0 Å². The number of piperidine rings is 1. The highest BCUT2D eigenvalue weighted by molar-refractivity contribution is 5.86. The molecule has 3 N–H and O–H groups in total. The van der Waals surface area contributed by atoms with Gasteiger partial charge in [-0.3, -0.25) is 4.79 Å². The summed E-state index contributed by atoms with van der Waals surface area (Å²) < 4.78 is 0. The Kier molecular flexibility index (Phi) is 2.49. The highest BCUT2D eigenvalue weighted by Crippen LogP contribution is 2.19. The number of hydrogen-bond donors (Lipinski definition) is 2. The van der Waals surface area contributed by atoms with E-state index in [2.05, 4.69) is 12.2 Å². The van der Waals surface area contributed by atoms with Crippen molar-refractivity contribution in [1.82, 2.24) is 5.32 Å². The van der Waals surface area contributed by atoms with E-state index in [1.54, 1.807) is 0 Å². The second-order valence-corrected chi connectivity index (χ2v) is 3.27. The highest BCUT2D eigenvalue weighted by Gasteiger charge is 2.34. The predicted octanol–water partition coefficient (Wildman–Crippen LogP) is 0.394. The Balaban J connectivity index is 2.57. The van der Waals surface area contributed by atoms with Crippen LogP contribution in [0.25, 0.3) is 0 Å². The Labute approximate surface area is 67.3 Å². The maximum Gasteiger partial charge on any atom is 0.240 e. The van der Waals surface area contributed by atoms with E-state index in [-0.39, 0.29) is 5.91 Å². The summed E-state index contributed by atoms with van der Waals surface area (Å²) >= 11 is 0. The Hall–Kier alpha value is -0.570. The zero-order chi connectivity index (χ0) is 8.32. The standard InChI is InChI=1S/C8H16N2O/c1-2-4-8(9)5-3-6-10-7(8)11/h2-6,9H2,1H3,(H,10,11)/t8-/m0/s1. The molecule has 1 aliphatic heterocycles. The normalized spacial score (nSPS) is 31.6. The van der Waals surface area contributed by atoms with Crippen molar-refractivity contribution in [2.45, 2.75) is 38.1 Å². The second kappa shape index (κ2) is 3.22. The Morgan fingerprint density at radius 3 is 3.00 bits per heavy atom.